The highest BCUT2D eigenvalue weighted by Crippen LogP contribution is 2.53. The van der Waals surface area contributed by atoms with E-state index in [1.54, 1.807) is 6.07 Å². The van der Waals surface area contributed by atoms with Crippen molar-refractivity contribution in [1.82, 2.24) is 5.32 Å². The lowest BCUT2D eigenvalue weighted by atomic mass is 9.62. The average molecular weight is 612 g/mol. The van der Waals surface area contributed by atoms with Gasteiger partial charge in [0.15, 0.2) is 9.04 Å². The Balaban J connectivity index is 2.15. The van der Waals surface area contributed by atoms with Crippen LogP contribution in [-0.2, 0) is 19.4 Å². The molecule has 0 aliphatic carbocycles. The van der Waals surface area contributed by atoms with Crippen LogP contribution in [0.15, 0.2) is 36.4 Å². The number of carbonyl (C=O) groups excluding carboxylic acids is 1. The molecule has 1 N–H and O–H groups in total. The molecule has 5 nitrogen and oxygen atoms in total. The van der Waals surface area contributed by atoms with Crippen LogP contribution in [0.1, 0.15) is 64.5 Å². The smallest absolute Gasteiger partial charge is 0.323 e. The van der Waals surface area contributed by atoms with Gasteiger partial charge < -0.3 is 9.16 Å². The van der Waals surface area contributed by atoms with Crippen molar-refractivity contribution in [3.8, 4) is 6.07 Å². The van der Waals surface area contributed by atoms with Crippen LogP contribution < -0.4 is 5.32 Å². The minimum atomic E-state index is -1.70. The lowest BCUT2D eigenvalue weighted by Crippen LogP contribution is -2.45. The summed E-state index contributed by atoms with van der Waals surface area (Å²) in [6, 6.07) is 8.90. The van der Waals surface area contributed by atoms with Gasteiger partial charge in [-0.15, -0.1) is 0 Å². The van der Waals surface area contributed by atoms with E-state index >= 15 is 8.78 Å². The Morgan fingerprint density at radius 2 is 1.85 bits per heavy atom. The predicted octanol–water partition coefficient (Wildman–Crippen LogP) is 7.31. The van der Waals surface area contributed by atoms with Crippen molar-refractivity contribution < 1.29 is 22.7 Å². The summed E-state index contributed by atoms with van der Waals surface area (Å²) in [4.78, 5) is 13.1. The third-order valence-corrected chi connectivity index (χ3v) is 11.9. The minimum absolute atomic E-state index is 0.0218. The number of nitrogens with one attached hydrogen (secondary N) is 1. The normalized spacial score (nSPS) is 24.0. The number of nitrogens with zero attached hydrogens (tertiary/aromatic N) is 1. The number of methoxy groups -OCH3 is 1. The fourth-order valence-corrected chi connectivity index (χ4v) is 6.78. The van der Waals surface area contributed by atoms with E-state index in [9.17, 15) is 10.1 Å². The van der Waals surface area contributed by atoms with Gasteiger partial charge in [0, 0.05) is 29.2 Å². The van der Waals surface area contributed by atoms with Gasteiger partial charge in [-0.1, -0.05) is 76.0 Å². The van der Waals surface area contributed by atoms with Gasteiger partial charge in [-0.3, -0.25) is 10.1 Å². The van der Waals surface area contributed by atoms with Gasteiger partial charge in [-0.05, 0) is 53.6 Å². The summed E-state index contributed by atoms with van der Waals surface area (Å²) in [7, 11) is -0.223. The summed E-state index contributed by atoms with van der Waals surface area (Å²) in [5.74, 6) is -3.32. The van der Waals surface area contributed by atoms with Crippen molar-refractivity contribution >= 4 is 38.2 Å². The molecule has 1 aliphatic heterocycles. The second-order valence-electron chi connectivity index (χ2n) is 12.4. The number of nitriles is 1. The first-order valence-corrected chi connectivity index (χ1v) is 16.3. The molecule has 0 saturated carbocycles. The molecule has 10 heteroatoms. The molecular formula is C30H38Cl2F2N2O3Si. The van der Waals surface area contributed by atoms with Gasteiger partial charge in [-0.2, -0.15) is 5.26 Å². The zero-order valence-corrected chi connectivity index (χ0v) is 26.7. The highest BCUT2D eigenvalue weighted by Gasteiger charge is 2.61. The standard InChI is InChI=1S/C30H38Cl2F2N2O3Si/c1-28(2,3)40(7)39-14-13-29(4,5)16-23-30(17-35,20-12-11-18(31)15-22(20)33)24(26(36-23)27(37)38-6)19-9-8-10-21(32)25(19)34/h8-12,15,23-24,26,36,40H,13-14,16H2,1-7H3/t23-,24-,26+,30-,40?/m0/s1. The van der Waals surface area contributed by atoms with E-state index in [4.69, 9.17) is 32.4 Å². The summed E-state index contributed by atoms with van der Waals surface area (Å²) in [6.07, 6.45) is 1.03. The van der Waals surface area contributed by atoms with E-state index in [1.165, 1.54) is 31.4 Å². The molecule has 5 atom stereocenters. The topological polar surface area (TPSA) is 71.3 Å². The number of hydrogen-bond acceptors (Lipinski definition) is 5. The third-order valence-electron chi connectivity index (χ3n) is 8.21. The minimum Gasteiger partial charge on any atom is -0.468 e. The first-order chi connectivity index (χ1) is 18.6. The molecule has 0 spiro atoms. The van der Waals surface area contributed by atoms with Crippen LogP contribution in [0.5, 0.6) is 0 Å². The summed E-state index contributed by atoms with van der Waals surface area (Å²) in [5, 5.41) is 14.3. The van der Waals surface area contributed by atoms with Crippen LogP contribution in [-0.4, -0.2) is 40.8 Å². The maximum absolute atomic E-state index is 15.7. The van der Waals surface area contributed by atoms with Gasteiger partial charge in [0.1, 0.15) is 23.1 Å². The molecule has 1 saturated heterocycles. The Kier molecular flexibility index (Phi) is 10.1. The lowest BCUT2D eigenvalue weighted by Gasteiger charge is -2.38. The van der Waals surface area contributed by atoms with Gasteiger partial charge in [0.2, 0.25) is 0 Å². The Hall–Kier alpha value is -2.02. The Morgan fingerprint density at radius 1 is 1.18 bits per heavy atom. The lowest BCUT2D eigenvalue weighted by molar-refractivity contribution is -0.143. The number of ether oxygens (including phenoxy) is 1. The summed E-state index contributed by atoms with van der Waals surface area (Å²) >= 11 is 12.2. The number of rotatable bonds is 9. The molecule has 3 rings (SSSR count). The highest BCUT2D eigenvalue weighted by molar-refractivity contribution is 6.53. The van der Waals surface area contributed by atoms with Crippen molar-refractivity contribution in [2.75, 3.05) is 13.7 Å². The first-order valence-electron chi connectivity index (χ1n) is 13.3. The largest absolute Gasteiger partial charge is 0.468 e. The van der Waals surface area contributed by atoms with E-state index in [0.717, 1.165) is 6.07 Å². The maximum atomic E-state index is 15.7. The second kappa shape index (κ2) is 12.5. The van der Waals surface area contributed by atoms with Gasteiger partial charge in [-0.25, -0.2) is 8.78 Å². The summed E-state index contributed by atoms with van der Waals surface area (Å²) in [5.41, 5.74) is -2.05. The van der Waals surface area contributed by atoms with E-state index in [2.05, 4.69) is 38.7 Å². The SMILES string of the molecule is COC(=O)[C@@H]1N[C@@H](CC(C)(C)CCO[SiH](C)C(C)(C)C)[C@](C#N)(c2ccc(Cl)cc2F)[C@H]1c1cccc(Cl)c1F. The zero-order valence-electron chi connectivity index (χ0n) is 24.1. The summed E-state index contributed by atoms with van der Waals surface area (Å²) in [6.45, 7) is 13.3. The molecule has 1 heterocycles. The van der Waals surface area contributed by atoms with Crippen molar-refractivity contribution in [2.24, 2.45) is 5.41 Å². The molecule has 218 valence electrons. The van der Waals surface area contributed by atoms with Crippen LogP contribution in [0.3, 0.4) is 0 Å². The van der Waals surface area contributed by atoms with Gasteiger partial charge >= 0.3 is 5.97 Å². The van der Waals surface area contributed by atoms with Crippen LogP contribution in [0.4, 0.5) is 8.78 Å². The molecule has 0 aromatic heterocycles. The first kappa shape index (κ1) is 32.5. The molecule has 2 aromatic carbocycles. The van der Waals surface area contributed by atoms with Crippen molar-refractivity contribution in [1.29, 1.82) is 5.26 Å². The number of carbonyl (C=O) groups is 1. The van der Waals surface area contributed by atoms with E-state index < -0.39 is 55.5 Å². The van der Waals surface area contributed by atoms with Crippen LogP contribution in [0, 0.1) is 28.4 Å². The van der Waals surface area contributed by atoms with Crippen molar-refractivity contribution in [3.05, 3.63) is 69.2 Å². The molecule has 0 radical (unpaired) electrons. The Bertz CT molecular complexity index is 1280. The molecule has 1 aliphatic rings. The van der Waals surface area contributed by atoms with E-state index in [1.807, 2.05) is 13.8 Å². The summed E-state index contributed by atoms with van der Waals surface area (Å²) < 4.78 is 42.6. The fourth-order valence-electron chi connectivity index (χ4n) is 5.47. The predicted molar refractivity (Wildman–Crippen MR) is 157 cm³/mol. The fraction of sp³-hybridized carbons (Fsp3) is 0.533. The molecule has 1 fully saturated rings. The average Bonchev–Trinajstić information content (AvgIpc) is 3.18. The molecule has 1 unspecified atom stereocenters. The number of hydrogen-bond donors (Lipinski definition) is 1. The highest BCUT2D eigenvalue weighted by atomic mass is 35.5. The van der Waals surface area contributed by atoms with Gasteiger partial charge in [0.25, 0.3) is 0 Å². The monoisotopic (exact) mass is 610 g/mol. The Morgan fingerprint density at radius 3 is 2.42 bits per heavy atom. The third kappa shape index (κ3) is 6.55. The second-order valence-corrected chi connectivity index (χ2v) is 16.6. The van der Waals surface area contributed by atoms with E-state index in [-0.39, 0.29) is 26.2 Å². The molecule has 0 amide bonds. The van der Waals surface area contributed by atoms with E-state index in [0.29, 0.717) is 19.4 Å². The molecule has 0 bridgehead atoms. The van der Waals surface area contributed by atoms with Crippen molar-refractivity contribution in [3.63, 3.8) is 0 Å². The van der Waals surface area contributed by atoms with Crippen LogP contribution >= 0.6 is 23.2 Å². The Labute approximate surface area is 247 Å². The van der Waals surface area contributed by atoms with Gasteiger partial charge in [0.05, 0.1) is 18.2 Å². The zero-order chi connectivity index (χ0) is 30.0. The molecule has 40 heavy (non-hydrogen) atoms. The molecule has 2 aromatic rings. The number of benzene rings is 2. The van der Waals surface area contributed by atoms with Crippen LogP contribution in [0.25, 0.3) is 0 Å². The quantitative estimate of drug-likeness (QED) is 0.238. The van der Waals surface area contributed by atoms with Crippen molar-refractivity contribution in [2.45, 2.75) is 82.5 Å². The number of halogens is 4. The number of esters is 1. The van der Waals surface area contributed by atoms with Crippen LogP contribution in [0.2, 0.25) is 21.6 Å². The maximum Gasteiger partial charge on any atom is 0.323 e. The molecular weight excluding hydrogens is 573 g/mol.